The van der Waals surface area contributed by atoms with Crippen LogP contribution in [0.15, 0.2) is 30.5 Å². The average Bonchev–Trinajstić information content (AvgIpc) is 2.84. The Balaban J connectivity index is 2.16. The Bertz CT molecular complexity index is 532. The summed E-state index contributed by atoms with van der Waals surface area (Å²) in [6, 6.07) is 5.10. The van der Waals surface area contributed by atoms with Crippen molar-refractivity contribution in [3.05, 3.63) is 40.9 Å². The van der Waals surface area contributed by atoms with Crippen molar-refractivity contribution in [3.63, 3.8) is 0 Å². The Morgan fingerprint density at radius 3 is 2.47 bits per heavy atom. The van der Waals surface area contributed by atoms with Gasteiger partial charge in [-0.15, -0.1) is 11.3 Å². The molecule has 0 fully saturated rings. The maximum atomic E-state index is 12.4. The molecule has 0 amide bonds. The second-order valence-electron chi connectivity index (χ2n) is 4.06. The molecule has 0 radical (unpaired) electrons. The topological polar surface area (TPSA) is 24.9 Å². The summed E-state index contributed by atoms with van der Waals surface area (Å²) in [7, 11) is 1.87. The fourth-order valence-corrected chi connectivity index (χ4v) is 2.52. The van der Waals surface area contributed by atoms with Gasteiger partial charge in [-0.3, -0.25) is 0 Å². The van der Waals surface area contributed by atoms with E-state index in [9.17, 15) is 13.2 Å². The number of nitrogens with zero attached hydrogens (tertiary/aromatic N) is 1. The molecule has 1 aromatic carbocycles. The van der Waals surface area contributed by atoms with Gasteiger partial charge in [0.2, 0.25) is 0 Å². The van der Waals surface area contributed by atoms with Crippen LogP contribution in [0.4, 0.5) is 13.2 Å². The number of hydrogen-bond acceptors (Lipinski definition) is 3. The van der Waals surface area contributed by atoms with Gasteiger partial charge in [-0.25, -0.2) is 4.98 Å². The standard InChI is InChI=1S/C13H13F3N2S/c1-17-7-6-11-8-18-12(19-11)9-2-4-10(5-3-9)13(14,15)16/h2-5,8,17H,6-7H2,1H3. The predicted octanol–water partition coefficient (Wildman–Crippen LogP) is 3.59. The molecule has 2 aromatic rings. The SMILES string of the molecule is CNCCc1cnc(-c2ccc(C(F)(F)F)cc2)s1. The number of benzene rings is 1. The fourth-order valence-electron chi connectivity index (χ4n) is 1.61. The molecule has 2 rings (SSSR count). The van der Waals surface area contributed by atoms with Crippen molar-refractivity contribution < 1.29 is 13.2 Å². The van der Waals surface area contributed by atoms with Gasteiger partial charge in [-0.05, 0) is 32.1 Å². The van der Waals surface area contributed by atoms with E-state index in [1.807, 2.05) is 7.05 Å². The van der Waals surface area contributed by atoms with Crippen LogP contribution < -0.4 is 5.32 Å². The van der Waals surface area contributed by atoms with E-state index >= 15 is 0 Å². The molecular formula is C13H13F3N2S. The van der Waals surface area contributed by atoms with Gasteiger partial charge in [0.25, 0.3) is 0 Å². The summed E-state index contributed by atoms with van der Waals surface area (Å²) in [5.41, 5.74) is 0.0805. The predicted molar refractivity (Wildman–Crippen MR) is 70.2 cm³/mol. The highest BCUT2D eigenvalue weighted by molar-refractivity contribution is 7.15. The number of thiazole rings is 1. The summed E-state index contributed by atoms with van der Waals surface area (Å²) < 4.78 is 37.3. The molecule has 2 nitrogen and oxygen atoms in total. The van der Waals surface area contributed by atoms with E-state index in [4.69, 9.17) is 0 Å². The van der Waals surface area contributed by atoms with E-state index in [-0.39, 0.29) is 0 Å². The second-order valence-corrected chi connectivity index (χ2v) is 5.18. The molecule has 1 aromatic heterocycles. The summed E-state index contributed by atoms with van der Waals surface area (Å²) in [5.74, 6) is 0. The highest BCUT2D eigenvalue weighted by atomic mass is 32.1. The molecule has 0 saturated carbocycles. The van der Waals surface area contributed by atoms with Crippen LogP contribution in [0.2, 0.25) is 0 Å². The normalized spacial score (nSPS) is 11.8. The average molecular weight is 286 g/mol. The van der Waals surface area contributed by atoms with Crippen LogP contribution >= 0.6 is 11.3 Å². The van der Waals surface area contributed by atoms with Gasteiger partial charge in [0, 0.05) is 16.6 Å². The van der Waals surface area contributed by atoms with E-state index in [0.717, 1.165) is 35.0 Å². The number of halogens is 3. The van der Waals surface area contributed by atoms with Gasteiger partial charge in [0.15, 0.2) is 0 Å². The molecule has 1 heterocycles. The van der Waals surface area contributed by atoms with Crippen molar-refractivity contribution in [3.8, 4) is 10.6 Å². The highest BCUT2D eigenvalue weighted by Crippen LogP contribution is 2.32. The lowest BCUT2D eigenvalue weighted by Crippen LogP contribution is -2.09. The van der Waals surface area contributed by atoms with Gasteiger partial charge >= 0.3 is 6.18 Å². The zero-order valence-electron chi connectivity index (χ0n) is 10.3. The maximum Gasteiger partial charge on any atom is 0.416 e. The van der Waals surface area contributed by atoms with Gasteiger partial charge < -0.3 is 5.32 Å². The van der Waals surface area contributed by atoms with E-state index < -0.39 is 11.7 Å². The molecule has 0 spiro atoms. The molecule has 0 aliphatic rings. The summed E-state index contributed by atoms with van der Waals surface area (Å²) >= 11 is 1.51. The number of hydrogen-bond donors (Lipinski definition) is 1. The van der Waals surface area contributed by atoms with Crippen LogP contribution in [0.1, 0.15) is 10.4 Å². The first-order valence-corrected chi connectivity index (χ1v) is 6.59. The van der Waals surface area contributed by atoms with Crippen LogP contribution in [0.3, 0.4) is 0 Å². The maximum absolute atomic E-state index is 12.4. The van der Waals surface area contributed by atoms with Crippen LogP contribution in [0, 0.1) is 0 Å². The van der Waals surface area contributed by atoms with Crippen molar-refractivity contribution in [1.29, 1.82) is 0 Å². The molecule has 0 aliphatic carbocycles. The summed E-state index contributed by atoms with van der Waals surface area (Å²) in [6.07, 6.45) is -1.65. The Labute approximate surface area is 113 Å². The lowest BCUT2D eigenvalue weighted by molar-refractivity contribution is -0.137. The van der Waals surface area contributed by atoms with E-state index in [0.29, 0.717) is 5.56 Å². The molecular weight excluding hydrogens is 273 g/mol. The van der Waals surface area contributed by atoms with Gasteiger partial charge in [-0.2, -0.15) is 13.2 Å². The highest BCUT2D eigenvalue weighted by Gasteiger charge is 2.30. The molecule has 0 unspecified atom stereocenters. The first-order valence-electron chi connectivity index (χ1n) is 5.77. The molecule has 102 valence electrons. The second kappa shape index (κ2) is 5.71. The summed E-state index contributed by atoms with van der Waals surface area (Å²) in [6.45, 7) is 0.856. The van der Waals surface area contributed by atoms with Gasteiger partial charge in [-0.1, -0.05) is 12.1 Å². The van der Waals surface area contributed by atoms with Crippen LogP contribution in [-0.4, -0.2) is 18.6 Å². The van der Waals surface area contributed by atoms with E-state index in [1.165, 1.54) is 23.5 Å². The van der Waals surface area contributed by atoms with Crippen molar-refractivity contribution >= 4 is 11.3 Å². The third-order valence-electron chi connectivity index (χ3n) is 2.63. The Hall–Kier alpha value is -1.40. The first-order chi connectivity index (χ1) is 9.00. The third kappa shape index (κ3) is 3.54. The molecule has 0 bridgehead atoms. The third-order valence-corrected chi connectivity index (χ3v) is 3.74. The number of alkyl halides is 3. The van der Waals surface area contributed by atoms with Crippen molar-refractivity contribution in [2.75, 3.05) is 13.6 Å². The van der Waals surface area contributed by atoms with Crippen molar-refractivity contribution in [2.24, 2.45) is 0 Å². The minimum atomic E-state index is -4.29. The monoisotopic (exact) mass is 286 g/mol. The Morgan fingerprint density at radius 1 is 1.21 bits per heavy atom. The summed E-state index contributed by atoms with van der Waals surface area (Å²) in [5, 5.41) is 3.79. The van der Waals surface area contributed by atoms with Crippen molar-refractivity contribution in [1.82, 2.24) is 10.3 Å². The number of aromatic nitrogens is 1. The molecule has 0 atom stereocenters. The molecule has 1 N–H and O–H groups in total. The number of likely N-dealkylation sites (N-methyl/N-ethyl adjacent to an activating group) is 1. The lowest BCUT2D eigenvalue weighted by Gasteiger charge is -2.06. The van der Waals surface area contributed by atoms with E-state index in [2.05, 4.69) is 10.3 Å². The number of rotatable bonds is 4. The van der Waals surface area contributed by atoms with Gasteiger partial charge in [0.05, 0.1) is 5.56 Å². The van der Waals surface area contributed by atoms with Crippen LogP contribution in [-0.2, 0) is 12.6 Å². The van der Waals surface area contributed by atoms with E-state index in [1.54, 1.807) is 6.20 Å². The molecule has 6 heteroatoms. The lowest BCUT2D eigenvalue weighted by atomic mass is 10.1. The zero-order valence-corrected chi connectivity index (χ0v) is 11.1. The summed E-state index contributed by atoms with van der Waals surface area (Å²) in [4.78, 5) is 5.36. The molecule has 0 saturated heterocycles. The number of nitrogens with one attached hydrogen (secondary N) is 1. The van der Waals surface area contributed by atoms with Crippen LogP contribution in [0.25, 0.3) is 10.6 Å². The largest absolute Gasteiger partial charge is 0.416 e. The smallest absolute Gasteiger partial charge is 0.319 e. The van der Waals surface area contributed by atoms with Gasteiger partial charge in [0.1, 0.15) is 5.01 Å². The quantitative estimate of drug-likeness (QED) is 0.929. The molecule has 0 aliphatic heterocycles. The minimum absolute atomic E-state index is 0.636. The minimum Gasteiger partial charge on any atom is -0.319 e. The van der Waals surface area contributed by atoms with Crippen molar-refractivity contribution in [2.45, 2.75) is 12.6 Å². The Kier molecular flexibility index (Phi) is 4.21. The Morgan fingerprint density at radius 2 is 1.89 bits per heavy atom. The first kappa shape index (κ1) is 14.0. The zero-order chi connectivity index (χ0) is 13.9. The molecule has 19 heavy (non-hydrogen) atoms. The fraction of sp³-hybridized carbons (Fsp3) is 0.308. The van der Waals surface area contributed by atoms with Crippen LogP contribution in [0.5, 0.6) is 0 Å².